The highest BCUT2D eigenvalue weighted by molar-refractivity contribution is 5.78. The van der Waals surface area contributed by atoms with Crippen LogP contribution in [0.5, 0.6) is 5.75 Å². The molecule has 0 aliphatic heterocycles. The third kappa shape index (κ3) is 3.19. The number of hydrogen-bond donors (Lipinski definition) is 2. The van der Waals surface area contributed by atoms with Crippen LogP contribution in [0.1, 0.15) is 87.6 Å². The van der Waals surface area contributed by atoms with Gasteiger partial charge in [0.05, 0.1) is 6.10 Å². The van der Waals surface area contributed by atoms with E-state index in [0.717, 1.165) is 44.0 Å². The van der Waals surface area contributed by atoms with Gasteiger partial charge in [-0.1, -0.05) is 46.1 Å². The van der Waals surface area contributed by atoms with Crippen molar-refractivity contribution in [1.29, 1.82) is 0 Å². The number of phenolic OH excluding ortho intramolecular Hbond substituents is 1. The van der Waals surface area contributed by atoms with Gasteiger partial charge in [-0.3, -0.25) is 4.79 Å². The van der Waals surface area contributed by atoms with Crippen LogP contribution in [0.15, 0.2) is 18.2 Å². The second kappa shape index (κ2) is 7.72. The molecule has 6 atom stereocenters. The first-order valence-electron chi connectivity index (χ1n) is 10.4. The first kappa shape index (κ1) is 19.4. The number of hydrogen-bond acceptors (Lipinski definition) is 3. The van der Waals surface area contributed by atoms with Crippen molar-refractivity contribution in [2.24, 2.45) is 23.2 Å². The number of rotatable bonds is 6. The monoisotopic (exact) mass is 358 g/mol. The number of carbonyl (C=O) groups excluding carboxylic acids is 1. The van der Waals surface area contributed by atoms with Gasteiger partial charge in [-0.25, -0.2) is 0 Å². The molecule has 1 aromatic rings. The Hall–Kier alpha value is -1.35. The fourth-order valence-corrected chi connectivity index (χ4v) is 6.23. The van der Waals surface area contributed by atoms with Crippen LogP contribution in [0.2, 0.25) is 0 Å². The molecule has 144 valence electrons. The highest BCUT2D eigenvalue weighted by atomic mass is 16.3. The molecule has 0 saturated heterocycles. The van der Waals surface area contributed by atoms with Crippen LogP contribution in [0.4, 0.5) is 0 Å². The molecule has 0 aromatic heterocycles. The zero-order chi connectivity index (χ0) is 18.9. The van der Waals surface area contributed by atoms with E-state index in [2.05, 4.69) is 20.8 Å². The second-order valence-electron chi connectivity index (χ2n) is 8.82. The van der Waals surface area contributed by atoms with E-state index < -0.39 is 0 Å². The summed E-state index contributed by atoms with van der Waals surface area (Å²) >= 11 is 0. The Morgan fingerprint density at radius 2 is 2.04 bits per heavy atom. The maximum atomic E-state index is 11.7. The lowest BCUT2D eigenvalue weighted by Crippen LogP contribution is -2.45. The fourth-order valence-electron chi connectivity index (χ4n) is 6.23. The molecule has 2 N–H and O–H groups in total. The highest BCUT2D eigenvalue weighted by Crippen LogP contribution is 2.61. The van der Waals surface area contributed by atoms with Crippen LogP contribution in [0, 0.1) is 23.2 Å². The predicted octanol–water partition coefficient (Wildman–Crippen LogP) is 5.30. The number of aliphatic hydroxyl groups is 1. The largest absolute Gasteiger partial charge is 0.508 e. The summed E-state index contributed by atoms with van der Waals surface area (Å²) in [6.45, 7) is 6.82. The van der Waals surface area contributed by atoms with Gasteiger partial charge in [0.15, 0.2) is 0 Å². The summed E-state index contributed by atoms with van der Waals surface area (Å²) in [5.41, 5.74) is 1.75. The van der Waals surface area contributed by atoms with Gasteiger partial charge in [0.25, 0.3) is 0 Å². The van der Waals surface area contributed by atoms with E-state index >= 15 is 0 Å². The molecule has 0 radical (unpaired) electrons. The number of benzene rings is 1. The van der Waals surface area contributed by atoms with Gasteiger partial charge in [0.2, 0.25) is 0 Å². The maximum absolute atomic E-state index is 11.7. The predicted molar refractivity (Wildman–Crippen MR) is 104 cm³/mol. The normalized spacial score (nSPS) is 35.1. The van der Waals surface area contributed by atoms with Crippen molar-refractivity contribution in [2.75, 3.05) is 0 Å². The molecule has 3 rings (SSSR count). The summed E-state index contributed by atoms with van der Waals surface area (Å²) in [5, 5.41) is 20.5. The zero-order valence-electron chi connectivity index (χ0n) is 16.4. The van der Waals surface area contributed by atoms with Gasteiger partial charge in [-0.05, 0) is 72.5 Å². The lowest BCUT2D eigenvalue weighted by Gasteiger charge is -2.51. The minimum atomic E-state index is -0.194. The second-order valence-corrected chi connectivity index (χ2v) is 8.82. The van der Waals surface area contributed by atoms with E-state index in [1.807, 2.05) is 6.07 Å². The molecule has 3 heteroatoms. The Morgan fingerprint density at radius 3 is 2.69 bits per heavy atom. The Bertz CT molecular complexity index is 640. The molecule has 0 spiro atoms. The van der Waals surface area contributed by atoms with Crippen LogP contribution in [-0.2, 0) is 0 Å². The maximum Gasteiger partial charge on any atom is 0.150 e. The summed E-state index contributed by atoms with van der Waals surface area (Å²) in [4.78, 5) is 11.7. The average Bonchev–Trinajstić information content (AvgIpc) is 2.94. The quantitative estimate of drug-likeness (QED) is 0.678. The SMILES string of the molecule is CCC[C@H](CC)C1C(c2ccc(O)cc2C=O)CC[C@]2(C)C(O)CCC12. The molecule has 0 amide bonds. The molecule has 0 heterocycles. The third-order valence-electron chi connectivity index (χ3n) is 7.61. The van der Waals surface area contributed by atoms with E-state index in [4.69, 9.17) is 0 Å². The minimum Gasteiger partial charge on any atom is -0.508 e. The van der Waals surface area contributed by atoms with Crippen molar-refractivity contribution >= 4 is 6.29 Å². The van der Waals surface area contributed by atoms with Gasteiger partial charge in [-0.2, -0.15) is 0 Å². The average molecular weight is 359 g/mol. The van der Waals surface area contributed by atoms with Crippen molar-refractivity contribution < 1.29 is 15.0 Å². The molecular formula is C23H34O3. The van der Waals surface area contributed by atoms with Gasteiger partial charge in [-0.15, -0.1) is 0 Å². The Morgan fingerprint density at radius 1 is 1.27 bits per heavy atom. The van der Waals surface area contributed by atoms with Gasteiger partial charge in [0.1, 0.15) is 12.0 Å². The highest BCUT2D eigenvalue weighted by Gasteiger charge is 2.55. The van der Waals surface area contributed by atoms with E-state index in [9.17, 15) is 15.0 Å². The van der Waals surface area contributed by atoms with Crippen LogP contribution in [-0.4, -0.2) is 22.6 Å². The van der Waals surface area contributed by atoms with Crippen molar-refractivity contribution in [3.8, 4) is 5.75 Å². The first-order chi connectivity index (χ1) is 12.5. The smallest absolute Gasteiger partial charge is 0.150 e. The summed E-state index contributed by atoms with van der Waals surface area (Å²) in [6.07, 6.45) is 8.24. The molecule has 0 bridgehead atoms. The molecule has 3 nitrogen and oxygen atoms in total. The minimum absolute atomic E-state index is 0.0145. The van der Waals surface area contributed by atoms with Gasteiger partial charge < -0.3 is 10.2 Å². The van der Waals surface area contributed by atoms with Crippen molar-refractivity contribution in [2.45, 2.75) is 77.7 Å². The lowest BCUT2D eigenvalue weighted by molar-refractivity contribution is -0.0366. The summed E-state index contributed by atoms with van der Waals surface area (Å²) < 4.78 is 0. The number of fused-ring (bicyclic) bond motifs is 1. The molecule has 2 fully saturated rings. The van der Waals surface area contributed by atoms with E-state index in [0.29, 0.717) is 29.2 Å². The summed E-state index contributed by atoms with van der Waals surface area (Å²) in [7, 11) is 0. The van der Waals surface area contributed by atoms with Crippen molar-refractivity contribution in [1.82, 2.24) is 0 Å². The molecule has 26 heavy (non-hydrogen) atoms. The van der Waals surface area contributed by atoms with Gasteiger partial charge in [0, 0.05) is 5.56 Å². The molecule has 2 saturated carbocycles. The van der Waals surface area contributed by atoms with Crippen LogP contribution in [0.25, 0.3) is 0 Å². The molecule has 2 aliphatic rings. The van der Waals surface area contributed by atoms with E-state index in [-0.39, 0.29) is 17.3 Å². The summed E-state index contributed by atoms with van der Waals surface area (Å²) in [5.74, 6) is 2.13. The molecule has 4 unspecified atom stereocenters. The molecule has 1 aromatic carbocycles. The molecular weight excluding hydrogens is 324 g/mol. The number of aromatic hydroxyl groups is 1. The Labute approximate surface area is 157 Å². The number of aldehydes is 1. The van der Waals surface area contributed by atoms with E-state index in [1.54, 1.807) is 12.1 Å². The zero-order valence-corrected chi connectivity index (χ0v) is 16.4. The number of phenols is 1. The van der Waals surface area contributed by atoms with Crippen molar-refractivity contribution in [3.05, 3.63) is 29.3 Å². The van der Waals surface area contributed by atoms with E-state index in [1.165, 1.54) is 12.8 Å². The Kier molecular flexibility index (Phi) is 5.76. The van der Waals surface area contributed by atoms with Crippen LogP contribution in [0.3, 0.4) is 0 Å². The fraction of sp³-hybridized carbons (Fsp3) is 0.696. The van der Waals surface area contributed by atoms with Crippen molar-refractivity contribution in [3.63, 3.8) is 0 Å². The lowest BCUT2D eigenvalue weighted by atomic mass is 9.54. The van der Waals surface area contributed by atoms with Crippen LogP contribution >= 0.6 is 0 Å². The summed E-state index contributed by atoms with van der Waals surface area (Å²) in [6, 6.07) is 5.29. The standard InChI is InChI=1S/C23H34O3/c1-4-6-15(5-2)22-19(18-8-7-17(25)13-16(18)14-24)11-12-23(3)20(22)9-10-21(23)26/h7-8,13-15,19-22,25-26H,4-6,9-12H2,1-3H3/t15-,19?,20?,21?,22?,23-/m0/s1. The van der Waals surface area contributed by atoms with Crippen LogP contribution < -0.4 is 0 Å². The topological polar surface area (TPSA) is 57.5 Å². The third-order valence-corrected chi connectivity index (χ3v) is 7.61. The Balaban J connectivity index is 2.05. The number of aliphatic hydroxyl groups excluding tert-OH is 1. The first-order valence-corrected chi connectivity index (χ1v) is 10.4. The van der Waals surface area contributed by atoms with Gasteiger partial charge >= 0.3 is 0 Å². The number of carbonyl (C=O) groups is 1. The molecule has 2 aliphatic carbocycles.